The molecule has 0 aromatic heterocycles. The maximum absolute atomic E-state index is 12.0. The monoisotopic (exact) mass is 368 g/mol. The lowest BCUT2D eigenvalue weighted by Crippen LogP contribution is -2.54. The molecule has 0 atom stereocenters. The first-order chi connectivity index (χ1) is 10.1. The van der Waals surface area contributed by atoms with E-state index in [4.69, 9.17) is 5.73 Å². The standard InChI is InChI=1S/C15H28N4O2.2ClH/c1-12-2-4-13(5-3-12)18-6-8-19(9-7-18)15(21)11-17-14(20)10-16;;/h12-13H,2-11,16H2,1H3,(H,17,20);2*1H. The minimum Gasteiger partial charge on any atom is -0.346 e. The van der Waals surface area contributed by atoms with Crippen LogP contribution in [0.3, 0.4) is 0 Å². The molecule has 6 nitrogen and oxygen atoms in total. The van der Waals surface area contributed by atoms with Crippen LogP contribution in [0.15, 0.2) is 0 Å². The van der Waals surface area contributed by atoms with Gasteiger partial charge in [-0.2, -0.15) is 0 Å². The van der Waals surface area contributed by atoms with Gasteiger partial charge in [0.25, 0.3) is 0 Å². The molecule has 1 saturated carbocycles. The predicted octanol–water partition coefficient (Wildman–Crippen LogP) is 0.628. The maximum atomic E-state index is 12.0. The molecule has 8 heteroatoms. The highest BCUT2D eigenvalue weighted by atomic mass is 35.5. The molecule has 0 aromatic rings. The zero-order valence-corrected chi connectivity index (χ0v) is 15.5. The van der Waals surface area contributed by atoms with E-state index >= 15 is 0 Å². The predicted molar refractivity (Wildman–Crippen MR) is 96.1 cm³/mol. The molecule has 1 aliphatic carbocycles. The summed E-state index contributed by atoms with van der Waals surface area (Å²) in [6.07, 6.45) is 5.24. The number of amides is 2. The smallest absolute Gasteiger partial charge is 0.242 e. The third-order valence-electron chi connectivity index (χ3n) is 4.79. The minimum absolute atomic E-state index is 0. The van der Waals surface area contributed by atoms with Gasteiger partial charge in [0.1, 0.15) is 0 Å². The van der Waals surface area contributed by atoms with Crippen molar-refractivity contribution in [3.8, 4) is 0 Å². The number of nitrogens with two attached hydrogens (primary N) is 1. The van der Waals surface area contributed by atoms with Crippen LogP contribution in [0.5, 0.6) is 0 Å². The molecule has 0 radical (unpaired) electrons. The van der Waals surface area contributed by atoms with E-state index < -0.39 is 0 Å². The molecule has 0 aromatic carbocycles. The summed E-state index contributed by atoms with van der Waals surface area (Å²) in [6, 6.07) is 0.704. The number of nitrogens with one attached hydrogen (secondary N) is 1. The number of halogens is 2. The quantitative estimate of drug-likeness (QED) is 0.762. The summed E-state index contributed by atoms with van der Waals surface area (Å²) >= 11 is 0. The summed E-state index contributed by atoms with van der Waals surface area (Å²) in [5.41, 5.74) is 5.20. The summed E-state index contributed by atoms with van der Waals surface area (Å²) in [6.45, 7) is 5.78. The van der Waals surface area contributed by atoms with Crippen LogP contribution in [0.4, 0.5) is 0 Å². The summed E-state index contributed by atoms with van der Waals surface area (Å²) in [4.78, 5) is 27.4. The molecular formula is C15H30Cl2N4O2. The Balaban J connectivity index is 0.00000242. The highest BCUT2D eigenvalue weighted by Gasteiger charge is 2.28. The molecule has 0 spiro atoms. The second-order valence-electron chi connectivity index (χ2n) is 6.31. The average molecular weight is 369 g/mol. The van der Waals surface area contributed by atoms with Crippen LogP contribution in [-0.2, 0) is 9.59 Å². The summed E-state index contributed by atoms with van der Waals surface area (Å²) in [7, 11) is 0. The Morgan fingerprint density at radius 3 is 2.13 bits per heavy atom. The molecule has 0 unspecified atom stereocenters. The number of hydrogen-bond donors (Lipinski definition) is 2. The van der Waals surface area contributed by atoms with E-state index in [1.54, 1.807) is 0 Å². The number of piperazine rings is 1. The molecule has 1 heterocycles. The van der Waals surface area contributed by atoms with Crippen molar-refractivity contribution in [3.63, 3.8) is 0 Å². The van der Waals surface area contributed by atoms with Crippen molar-refractivity contribution in [1.82, 2.24) is 15.1 Å². The van der Waals surface area contributed by atoms with Crippen molar-refractivity contribution in [2.75, 3.05) is 39.3 Å². The van der Waals surface area contributed by atoms with Gasteiger partial charge in [0.05, 0.1) is 13.1 Å². The fourth-order valence-corrected chi connectivity index (χ4v) is 3.30. The van der Waals surface area contributed by atoms with Crippen LogP contribution < -0.4 is 11.1 Å². The van der Waals surface area contributed by atoms with Gasteiger partial charge in [-0.05, 0) is 31.6 Å². The van der Waals surface area contributed by atoms with Gasteiger partial charge in [-0.3, -0.25) is 14.5 Å². The average Bonchev–Trinajstić information content (AvgIpc) is 2.53. The molecule has 0 bridgehead atoms. The normalized spacial score (nSPS) is 25.0. The summed E-state index contributed by atoms with van der Waals surface area (Å²) in [5, 5.41) is 2.54. The zero-order chi connectivity index (χ0) is 15.2. The zero-order valence-electron chi connectivity index (χ0n) is 13.8. The van der Waals surface area contributed by atoms with Gasteiger partial charge in [0.2, 0.25) is 11.8 Å². The SMILES string of the molecule is CC1CCC(N2CCN(C(=O)CNC(=O)CN)CC2)CC1.Cl.Cl. The van der Waals surface area contributed by atoms with Gasteiger partial charge >= 0.3 is 0 Å². The van der Waals surface area contributed by atoms with Crippen molar-refractivity contribution in [2.24, 2.45) is 11.7 Å². The third kappa shape index (κ3) is 6.83. The molecule has 2 rings (SSSR count). The Hall–Kier alpha value is -0.560. The van der Waals surface area contributed by atoms with Crippen LogP contribution in [0.2, 0.25) is 0 Å². The van der Waals surface area contributed by atoms with E-state index in [0.717, 1.165) is 32.1 Å². The Morgan fingerprint density at radius 1 is 1.04 bits per heavy atom. The summed E-state index contributed by atoms with van der Waals surface area (Å²) in [5.74, 6) is 0.585. The molecule has 2 aliphatic rings. The van der Waals surface area contributed by atoms with Gasteiger partial charge < -0.3 is 16.0 Å². The fraction of sp³-hybridized carbons (Fsp3) is 0.867. The number of hydrogen-bond acceptors (Lipinski definition) is 4. The van der Waals surface area contributed by atoms with E-state index in [2.05, 4.69) is 17.1 Å². The molecule has 1 aliphatic heterocycles. The Morgan fingerprint density at radius 2 is 1.61 bits per heavy atom. The second kappa shape index (κ2) is 11.1. The van der Waals surface area contributed by atoms with Crippen molar-refractivity contribution in [1.29, 1.82) is 0 Å². The van der Waals surface area contributed by atoms with Gasteiger partial charge in [0.15, 0.2) is 0 Å². The third-order valence-corrected chi connectivity index (χ3v) is 4.79. The van der Waals surface area contributed by atoms with E-state index in [1.165, 1.54) is 25.7 Å². The molecular weight excluding hydrogens is 339 g/mol. The highest BCUT2D eigenvalue weighted by molar-refractivity contribution is 5.86. The van der Waals surface area contributed by atoms with Crippen LogP contribution in [0.1, 0.15) is 32.6 Å². The molecule has 136 valence electrons. The number of nitrogens with zero attached hydrogens (tertiary/aromatic N) is 2. The van der Waals surface area contributed by atoms with Gasteiger partial charge in [0, 0.05) is 32.2 Å². The minimum atomic E-state index is -0.279. The number of carbonyl (C=O) groups excluding carboxylic acids is 2. The van der Waals surface area contributed by atoms with E-state index in [-0.39, 0.29) is 49.7 Å². The van der Waals surface area contributed by atoms with Crippen LogP contribution in [0.25, 0.3) is 0 Å². The first-order valence-electron chi connectivity index (χ1n) is 8.08. The lowest BCUT2D eigenvalue weighted by molar-refractivity contribution is -0.134. The first kappa shape index (κ1) is 22.4. The van der Waals surface area contributed by atoms with Gasteiger partial charge in [-0.1, -0.05) is 6.92 Å². The Kier molecular flexibility index (Phi) is 10.8. The fourth-order valence-electron chi connectivity index (χ4n) is 3.30. The van der Waals surface area contributed by atoms with Crippen molar-refractivity contribution >= 4 is 36.6 Å². The van der Waals surface area contributed by atoms with E-state index in [9.17, 15) is 9.59 Å². The molecule has 23 heavy (non-hydrogen) atoms. The lowest BCUT2D eigenvalue weighted by atomic mass is 9.86. The Bertz CT molecular complexity index is 368. The van der Waals surface area contributed by atoms with Crippen molar-refractivity contribution in [2.45, 2.75) is 38.6 Å². The molecule has 3 N–H and O–H groups in total. The van der Waals surface area contributed by atoms with E-state index in [1.807, 2.05) is 4.90 Å². The van der Waals surface area contributed by atoms with Gasteiger partial charge in [-0.15, -0.1) is 24.8 Å². The number of rotatable bonds is 4. The molecule has 1 saturated heterocycles. The van der Waals surface area contributed by atoms with E-state index in [0.29, 0.717) is 6.04 Å². The maximum Gasteiger partial charge on any atom is 0.242 e. The Labute approximate surface area is 151 Å². The highest BCUT2D eigenvalue weighted by Crippen LogP contribution is 2.27. The summed E-state index contributed by atoms with van der Waals surface area (Å²) < 4.78 is 0. The second-order valence-corrected chi connectivity index (χ2v) is 6.31. The topological polar surface area (TPSA) is 78.7 Å². The van der Waals surface area contributed by atoms with Gasteiger partial charge in [-0.25, -0.2) is 0 Å². The molecule has 2 fully saturated rings. The largest absolute Gasteiger partial charge is 0.346 e. The van der Waals surface area contributed by atoms with Crippen molar-refractivity contribution < 1.29 is 9.59 Å². The number of carbonyl (C=O) groups is 2. The molecule has 2 amide bonds. The van der Waals surface area contributed by atoms with Crippen LogP contribution in [-0.4, -0.2) is 66.9 Å². The first-order valence-corrected chi connectivity index (χ1v) is 8.08. The lowest BCUT2D eigenvalue weighted by Gasteiger charge is -2.41. The van der Waals surface area contributed by atoms with Crippen LogP contribution in [0, 0.1) is 5.92 Å². The van der Waals surface area contributed by atoms with Crippen molar-refractivity contribution in [3.05, 3.63) is 0 Å². The van der Waals surface area contributed by atoms with Crippen LogP contribution >= 0.6 is 24.8 Å².